The van der Waals surface area contributed by atoms with Crippen LogP contribution in [0.5, 0.6) is 0 Å². The van der Waals surface area contributed by atoms with E-state index in [9.17, 15) is 0 Å². The second kappa shape index (κ2) is 7.16. The fourth-order valence-corrected chi connectivity index (χ4v) is 4.39. The van der Waals surface area contributed by atoms with Crippen LogP contribution in [0.2, 0.25) is 0 Å². The first-order chi connectivity index (χ1) is 14.1. The van der Waals surface area contributed by atoms with Gasteiger partial charge < -0.3 is 8.98 Å². The Morgan fingerprint density at radius 3 is 2.52 bits per heavy atom. The van der Waals surface area contributed by atoms with Crippen molar-refractivity contribution >= 4 is 10.9 Å². The van der Waals surface area contributed by atoms with Crippen LogP contribution in [0.4, 0.5) is 0 Å². The topological polar surface area (TPSA) is 47.1 Å². The lowest BCUT2D eigenvalue weighted by atomic mass is 10.1. The lowest BCUT2D eigenvalue weighted by Crippen LogP contribution is -2.17. The first kappa shape index (κ1) is 18.1. The van der Waals surface area contributed by atoms with Gasteiger partial charge in [-0.15, -0.1) is 10.2 Å². The van der Waals surface area contributed by atoms with E-state index in [2.05, 4.69) is 89.2 Å². The van der Waals surface area contributed by atoms with Gasteiger partial charge in [-0.1, -0.05) is 25.1 Å². The molecule has 0 spiro atoms. The van der Waals surface area contributed by atoms with Crippen LogP contribution in [0.15, 0.2) is 52.9 Å². The molecule has 1 fully saturated rings. The number of aryl methyl sites for hydroxylation is 2. The smallest absolute Gasteiger partial charge is 0.247 e. The highest BCUT2D eigenvalue weighted by atomic mass is 16.4. The molecular weight excluding hydrogens is 360 g/mol. The molecule has 0 amide bonds. The predicted molar refractivity (Wildman–Crippen MR) is 116 cm³/mol. The number of hydrogen-bond donors (Lipinski definition) is 0. The van der Waals surface area contributed by atoms with Gasteiger partial charge in [0.15, 0.2) is 0 Å². The van der Waals surface area contributed by atoms with E-state index in [1.54, 1.807) is 0 Å². The third-order valence-electron chi connectivity index (χ3n) is 6.19. The molecule has 1 aliphatic rings. The minimum atomic E-state index is 0.249. The van der Waals surface area contributed by atoms with Gasteiger partial charge in [-0.2, -0.15) is 0 Å². The standard InChI is InChI=1S/C24H26N4O/c1-4-16-7-12-20-19(14-16)15-22(28(20)3)17-8-10-18(11-9-17)23-25-26-24(29-23)21-6-5-13-27(21)2/h7-12,14-15,21H,4-6,13H2,1-3H3. The summed E-state index contributed by atoms with van der Waals surface area (Å²) in [6.07, 6.45) is 3.31. The molecule has 0 aliphatic carbocycles. The maximum Gasteiger partial charge on any atom is 0.247 e. The minimum absolute atomic E-state index is 0.249. The lowest BCUT2D eigenvalue weighted by molar-refractivity contribution is 0.269. The third kappa shape index (κ3) is 3.15. The Hall–Kier alpha value is -2.92. The largest absolute Gasteiger partial charge is 0.419 e. The molecule has 1 unspecified atom stereocenters. The zero-order valence-electron chi connectivity index (χ0n) is 17.2. The maximum atomic E-state index is 6.00. The Kier molecular flexibility index (Phi) is 4.47. The van der Waals surface area contributed by atoms with Crippen molar-refractivity contribution in [2.45, 2.75) is 32.2 Å². The minimum Gasteiger partial charge on any atom is -0.419 e. The monoisotopic (exact) mass is 386 g/mol. The van der Waals surface area contributed by atoms with Gasteiger partial charge in [0.1, 0.15) is 0 Å². The number of nitrogens with zero attached hydrogens (tertiary/aromatic N) is 4. The summed E-state index contributed by atoms with van der Waals surface area (Å²) >= 11 is 0. The molecule has 3 heterocycles. The van der Waals surface area contributed by atoms with Crippen molar-refractivity contribution in [3.8, 4) is 22.7 Å². The molecular formula is C24H26N4O. The lowest BCUT2D eigenvalue weighted by Gasteiger charge is -2.14. The van der Waals surface area contributed by atoms with Crippen molar-refractivity contribution < 1.29 is 4.42 Å². The predicted octanol–water partition coefficient (Wildman–Crippen LogP) is 5.22. The number of fused-ring (bicyclic) bond motifs is 1. The summed E-state index contributed by atoms with van der Waals surface area (Å²) in [4.78, 5) is 2.28. The molecule has 29 heavy (non-hydrogen) atoms. The summed E-state index contributed by atoms with van der Waals surface area (Å²) in [6, 6.07) is 17.6. The fourth-order valence-electron chi connectivity index (χ4n) is 4.39. The Morgan fingerprint density at radius 1 is 1.00 bits per heavy atom. The second-order valence-corrected chi connectivity index (χ2v) is 8.00. The van der Waals surface area contributed by atoms with Crippen molar-refractivity contribution in [1.29, 1.82) is 0 Å². The van der Waals surface area contributed by atoms with Crippen molar-refractivity contribution in [3.05, 3.63) is 60.0 Å². The van der Waals surface area contributed by atoms with Crippen LogP contribution in [-0.4, -0.2) is 33.3 Å². The van der Waals surface area contributed by atoms with Gasteiger partial charge in [-0.3, -0.25) is 4.90 Å². The molecule has 1 aliphatic heterocycles. The molecule has 0 radical (unpaired) electrons. The molecule has 0 bridgehead atoms. The molecule has 5 nitrogen and oxygen atoms in total. The van der Waals surface area contributed by atoms with Gasteiger partial charge in [0.2, 0.25) is 11.8 Å². The molecule has 1 saturated heterocycles. The number of benzene rings is 2. The Labute approximate surface area is 171 Å². The summed E-state index contributed by atoms with van der Waals surface area (Å²) < 4.78 is 8.25. The van der Waals surface area contributed by atoms with Crippen molar-refractivity contribution in [2.24, 2.45) is 7.05 Å². The summed E-state index contributed by atoms with van der Waals surface area (Å²) in [5.41, 5.74) is 5.97. The molecule has 1 atom stereocenters. The van der Waals surface area contributed by atoms with Crippen molar-refractivity contribution in [2.75, 3.05) is 13.6 Å². The third-order valence-corrected chi connectivity index (χ3v) is 6.19. The van der Waals surface area contributed by atoms with Gasteiger partial charge in [0.05, 0.1) is 6.04 Å². The second-order valence-electron chi connectivity index (χ2n) is 8.00. The fraction of sp³-hybridized carbons (Fsp3) is 0.333. The molecule has 0 saturated carbocycles. The first-order valence-electron chi connectivity index (χ1n) is 10.4. The van der Waals surface area contributed by atoms with E-state index in [1.807, 2.05) is 0 Å². The molecule has 2 aromatic heterocycles. The van der Waals surface area contributed by atoms with Crippen LogP contribution in [0.3, 0.4) is 0 Å². The summed E-state index contributed by atoms with van der Waals surface area (Å²) in [5, 5.41) is 9.88. The molecule has 0 N–H and O–H groups in total. The summed E-state index contributed by atoms with van der Waals surface area (Å²) in [7, 11) is 4.24. The highest BCUT2D eigenvalue weighted by Gasteiger charge is 2.27. The SMILES string of the molecule is CCc1ccc2c(c1)cc(-c1ccc(-c3nnc(C4CCCN4C)o3)cc1)n2C. The number of hydrogen-bond acceptors (Lipinski definition) is 4. The molecule has 4 aromatic rings. The maximum absolute atomic E-state index is 6.00. The van der Waals surface area contributed by atoms with Crippen LogP contribution in [-0.2, 0) is 13.5 Å². The van der Waals surface area contributed by atoms with E-state index < -0.39 is 0 Å². The van der Waals surface area contributed by atoms with Gasteiger partial charge >= 0.3 is 0 Å². The highest BCUT2D eigenvalue weighted by molar-refractivity contribution is 5.87. The van der Waals surface area contributed by atoms with Gasteiger partial charge in [-0.25, -0.2) is 0 Å². The van der Waals surface area contributed by atoms with Gasteiger partial charge in [0, 0.05) is 29.2 Å². The average molecular weight is 386 g/mol. The Bertz CT molecular complexity index is 1160. The Morgan fingerprint density at radius 2 is 1.79 bits per heavy atom. The van der Waals surface area contributed by atoms with Crippen LogP contribution in [0.1, 0.15) is 37.3 Å². The molecule has 5 rings (SSSR count). The number of likely N-dealkylation sites (tertiary alicyclic amines) is 1. The van der Waals surface area contributed by atoms with E-state index in [0.717, 1.165) is 30.8 Å². The first-order valence-corrected chi connectivity index (χ1v) is 10.4. The van der Waals surface area contributed by atoms with Gasteiger partial charge in [0.25, 0.3) is 0 Å². The Balaban J connectivity index is 1.44. The zero-order chi connectivity index (χ0) is 20.0. The van der Waals surface area contributed by atoms with Gasteiger partial charge in [-0.05, 0) is 74.3 Å². The summed E-state index contributed by atoms with van der Waals surface area (Å²) in [6.45, 7) is 3.28. The number of rotatable bonds is 4. The van der Waals surface area contributed by atoms with E-state index in [-0.39, 0.29) is 6.04 Å². The highest BCUT2D eigenvalue weighted by Crippen LogP contribution is 2.32. The zero-order valence-corrected chi connectivity index (χ0v) is 17.2. The van der Waals surface area contributed by atoms with Crippen LogP contribution in [0.25, 0.3) is 33.6 Å². The van der Waals surface area contributed by atoms with E-state index >= 15 is 0 Å². The van der Waals surface area contributed by atoms with Crippen molar-refractivity contribution in [1.82, 2.24) is 19.7 Å². The van der Waals surface area contributed by atoms with Crippen molar-refractivity contribution in [3.63, 3.8) is 0 Å². The molecule has 2 aromatic carbocycles. The van der Waals surface area contributed by atoms with E-state index in [1.165, 1.54) is 34.1 Å². The van der Waals surface area contributed by atoms with Crippen LogP contribution >= 0.6 is 0 Å². The summed E-state index contributed by atoms with van der Waals surface area (Å²) in [5.74, 6) is 1.32. The molecule has 5 heteroatoms. The van der Waals surface area contributed by atoms with Crippen LogP contribution < -0.4 is 0 Å². The normalized spacial score (nSPS) is 17.4. The average Bonchev–Trinajstić information content (AvgIpc) is 3.47. The van der Waals surface area contributed by atoms with Crippen LogP contribution in [0, 0.1) is 0 Å². The molecule has 148 valence electrons. The quantitative estimate of drug-likeness (QED) is 0.482. The van der Waals surface area contributed by atoms with E-state index in [0.29, 0.717) is 5.89 Å². The number of aromatic nitrogens is 3. The van der Waals surface area contributed by atoms with E-state index in [4.69, 9.17) is 4.42 Å².